The second-order valence-electron chi connectivity index (χ2n) is 12.7. The van der Waals surface area contributed by atoms with Gasteiger partial charge in [-0.15, -0.1) is 12.4 Å². The van der Waals surface area contributed by atoms with Gasteiger partial charge < -0.3 is 16.0 Å². The minimum Gasteiger partial charge on any atom is -0.362 e. The van der Waals surface area contributed by atoms with Crippen molar-refractivity contribution in [2.75, 3.05) is 16.8 Å². The van der Waals surface area contributed by atoms with E-state index in [-0.39, 0.29) is 40.0 Å². The van der Waals surface area contributed by atoms with Crippen LogP contribution in [0.4, 0.5) is 11.6 Å². The van der Waals surface area contributed by atoms with E-state index in [4.69, 9.17) is 10.7 Å². The first-order chi connectivity index (χ1) is 19.3. The molecular weight excluding hydrogens is 574 g/mol. The molecule has 2 atom stereocenters. The van der Waals surface area contributed by atoms with Gasteiger partial charge in [-0.25, -0.2) is 14.7 Å². The summed E-state index contributed by atoms with van der Waals surface area (Å²) in [5.74, 6) is 0.476. The fraction of sp³-hybridized carbons (Fsp3) is 0.467. The van der Waals surface area contributed by atoms with E-state index in [1.807, 2.05) is 12.1 Å². The highest BCUT2D eigenvalue weighted by atomic mass is 35.5. The maximum absolute atomic E-state index is 13.6. The van der Waals surface area contributed by atoms with Gasteiger partial charge in [-0.1, -0.05) is 32.9 Å². The Bertz CT molecular complexity index is 1560. The molecule has 0 saturated carbocycles. The van der Waals surface area contributed by atoms with Gasteiger partial charge in [0.25, 0.3) is 15.9 Å². The van der Waals surface area contributed by atoms with Crippen LogP contribution >= 0.6 is 12.4 Å². The topological polar surface area (TPSA) is 143 Å². The zero-order valence-electron chi connectivity index (χ0n) is 24.7. The quantitative estimate of drug-likeness (QED) is 0.374. The van der Waals surface area contributed by atoms with Crippen molar-refractivity contribution in [2.24, 2.45) is 11.7 Å². The summed E-state index contributed by atoms with van der Waals surface area (Å²) in [6.07, 6.45) is 4.30. The molecule has 1 fully saturated rings. The Morgan fingerprint density at radius 1 is 1.07 bits per heavy atom. The number of fused-ring (bicyclic) bond motifs is 6. The normalized spacial score (nSPS) is 21.6. The highest BCUT2D eigenvalue weighted by molar-refractivity contribution is 7.90. The second-order valence-corrected chi connectivity index (χ2v) is 14.3. The lowest BCUT2D eigenvalue weighted by Gasteiger charge is -2.34. The molecule has 226 valence electrons. The van der Waals surface area contributed by atoms with Crippen molar-refractivity contribution < 1.29 is 13.2 Å². The van der Waals surface area contributed by atoms with Gasteiger partial charge >= 0.3 is 0 Å². The third-order valence-electron chi connectivity index (χ3n) is 7.96. The number of sulfonamides is 1. The van der Waals surface area contributed by atoms with Gasteiger partial charge in [0.2, 0.25) is 0 Å². The van der Waals surface area contributed by atoms with E-state index in [9.17, 15) is 13.2 Å². The largest absolute Gasteiger partial charge is 0.362 e. The van der Waals surface area contributed by atoms with Crippen molar-refractivity contribution in [3.05, 3.63) is 71.2 Å². The third kappa shape index (κ3) is 6.53. The first-order valence-electron chi connectivity index (χ1n) is 14.0. The smallest absolute Gasteiger partial charge is 0.281 e. The molecule has 12 heteroatoms. The van der Waals surface area contributed by atoms with Crippen LogP contribution in [0.1, 0.15) is 87.2 Å². The van der Waals surface area contributed by atoms with Crippen LogP contribution in [-0.2, 0) is 22.0 Å². The molecule has 0 aromatic carbocycles. The molecule has 2 aliphatic heterocycles. The first kappa shape index (κ1) is 31.7. The van der Waals surface area contributed by atoms with Gasteiger partial charge in [-0.2, -0.15) is 8.42 Å². The van der Waals surface area contributed by atoms with Gasteiger partial charge in [-0.3, -0.25) is 9.78 Å². The number of hydrogen-bond acceptors (Lipinski definition) is 9. The van der Waals surface area contributed by atoms with Gasteiger partial charge in [0.15, 0.2) is 5.03 Å². The van der Waals surface area contributed by atoms with Crippen molar-refractivity contribution in [3.8, 4) is 0 Å². The van der Waals surface area contributed by atoms with Crippen molar-refractivity contribution in [1.29, 1.82) is 0 Å². The molecule has 1 amide bonds. The summed E-state index contributed by atoms with van der Waals surface area (Å²) >= 11 is 0. The van der Waals surface area contributed by atoms with Crippen LogP contribution in [-0.4, -0.2) is 41.4 Å². The molecule has 42 heavy (non-hydrogen) atoms. The summed E-state index contributed by atoms with van der Waals surface area (Å²) in [4.78, 5) is 29.7. The SMILES string of the molecule is CC(C)(C)c1ccc2c(n1)N1C[C@@H](CCC(c3ccc(CN)cn3)Nc3cccc(n3)S(=O)(=O)NC2=O)CC1(C)C.Cl. The Balaban J connectivity index is 0.00000405. The predicted molar refractivity (Wildman–Crippen MR) is 166 cm³/mol. The summed E-state index contributed by atoms with van der Waals surface area (Å²) in [7, 11) is -4.27. The van der Waals surface area contributed by atoms with Gasteiger partial charge in [-0.05, 0) is 74.9 Å². The minimum atomic E-state index is -4.27. The molecule has 0 aliphatic carbocycles. The van der Waals surface area contributed by atoms with Crippen LogP contribution in [0.3, 0.4) is 0 Å². The van der Waals surface area contributed by atoms with E-state index in [1.165, 1.54) is 6.07 Å². The number of carbonyl (C=O) groups excluding carboxylic acids is 1. The van der Waals surface area contributed by atoms with Gasteiger partial charge in [0.05, 0.1) is 17.3 Å². The van der Waals surface area contributed by atoms with Crippen LogP contribution in [0.15, 0.2) is 53.7 Å². The Hall–Kier alpha value is -3.28. The van der Waals surface area contributed by atoms with E-state index < -0.39 is 15.9 Å². The highest BCUT2D eigenvalue weighted by Crippen LogP contribution is 2.41. The average Bonchev–Trinajstić information content (AvgIpc) is 3.23. The Labute approximate surface area is 254 Å². The predicted octanol–water partition coefficient (Wildman–Crippen LogP) is 4.72. The number of nitrogens with zero attached hydrogens (tertiary/aromatic N) is 4. The average molecular weight is 614 g/mol. The molecule has 4 bridgehead atoms. The van der Waals surface area contributed by atoms with Crippen LogP contribution in [0.25, 0.3) is 0 Å². The summed E-state index contributed by atoms with van der Waals surface area (Å²) in [5.41, 5.74) is 8.04. The molecule has 5 heterocycles. The Kier molecular flexibility index (Phi) is 8.87. The zero-order valence-corrected chi connectivity index (χ0v) is 26.3. The lowest BCUT2D eigenvalue weighted by Crippen LogP contribution is -2.41. The number of carbonyl (C=O) groups is 1. The number of hydrogen-bond donors (Lipinski definition) is 3. The fourth-order valence-corrected chi connectivity index (χ4v) is 6.65. The molecule has 1 saturated heterocycles. The number of nitrogens with one attached hydrogen (secondary N) is 2. The zero-order chi connectivity index (χ0) is 29.6. The van der Waals surface area contributed by atoms with Gasteiger partial charge in [0, 0.05) is 35.9 Å². The van der Waals surface area contributed by atoms with Crippen molar-refractivity contribution in [1.82, 2.24) is 19.7 Å². The van der Waals surface area contributed by atoms with E-state index in [2.05, 4.69) is 59.5 Å². The van der Waals surface area contributed by atoms with E-state index in [1.54, 1.807) is 30.5 Å². The van der Waals surface area contributed by atoms with E-state index >= 15 is 0 Å². The molecule has 0 radical (unpaired) electrons. The standard InChI is InChI=1S/C30H39N7O3S.ClH/c1-29(2,3)24-14-11-21-27(34-24)37-18-19(15-30(37,4)5)9-13-23(22-12-10-20(16-31)17-32-22)33-25-7-6-8-26(35-25)41(39,40)36-28(21)38;/h6-8,10-12,14,17,19,23H,9,13,15-16,18,31H2,1-5H3,(H,33,35)(H,36,38);1H/t19-,23?;/m0./s1. The number of amides is 1. The van der Waals surface area contributed by atoms with Gasteiger partial charge in [0.1, 0.15) is 11.6 Å². The summed E-state index contributed by atoms with van der Waals surface area (Å²) in [6.45, 7) is 11.6. The molecule has 3 aromatic rings. The van der Waals surface area contributed by atoms with Crippen molar-refractivity contribution in [3.63, 3.8) is 0 Å². The molecule has 10 nitrogen and oxygen atoms in total. The molecule has 1 unspecified atom stereocenters. The van der Waals surface area contributed by atoms with Crippen LogP contribution in [0, 0.1) is 5.92 Å². The maximum atomic E-state index is 13.6. The van der Waals surface area contributed by atoms with Crippen molar-refractivity contribution >= 4 is 40.0 Å². The summed E-state index contributed by atoms with van der Waals surface area (Å²) in [6, 6.07) is 11.9. The lowest BCUT2D eigenvalue weighted by molar-refractivity contribution is 0.0981. The van der Waals surface area contributed by atoms with Crippen molar-refractivity contribution in [2.45, 2.75) is 82.4 Å². The molecule has 0 spiro atoms. The number of aromatic nitrogens is 3. The summed E-state index contributed by atoms with van der Waals surface area (Å²) < 4.78 is 29.0. The second kappa shape index (κ2) is 11.8. The van der Waals surface area contributed by atoms with Crippen LogP contribution in [0.2, 0.25) is 0 Å². The Morgan fingerprint density at radius 3 is 2.50 bits per heavy atom. The third-order valence-corrected chi connectivity index (χ3v) is 9.19. The lowest BCUT2D eigenvalue weighted by atomic mass is 9.90. The molecule has 4 N–H and O–H groups in total. The molecule has 2 aliphatic rings. The molecule has 3 aromatic heterocycles. The number of anilines is 2. The minimum absolute atomic E-state index is 0. The number of halogens is 1. The van der Waals surface area contributed by atoms with Crippen LogP contribution < -0.4 is 20.7 Å². The van der Waals surface area contributed by atoms with E-state index in [0.717, 1.165) is 36.2 Å². The number of nitrogens with two attached hydrogens (primary N) is 1. The van der Waals surface area contributed by atoms with E-state index in [0.29, 0.717) is 30.6 Å². The Morgan fingerprint density at radius 2 is 1.83 bits per heavy atom. The first-order valence-corrected chi connectivity index (χ1v) is 15.5. The highest BCUT2D eigenvalue weighted by Gasteiger charge is 2.41. The number of rotatable bonds is 2. The summed E-state index contributed by atoms with van der Waals surface area (Å²) in [5, 5.41) is 3.15. The van der Waals surface area contributed by atoms with Crippen LogP contribution in [0.5, 0.6) is 0 Å². The number of pyridine rings is 3. The molecular formula is C30H40ClN7O3S. The maximum Gasteiger partial charge on any atom is 0.281 e. The molecule has 5 rings (SSSR count). The fourth-order valence-electron chi connectivity index (χ4n) is 5.71. The monoisotopic (exact) mass is 613 g/mol.